The summed E-state index contributed by atoms with van der Waals surface area (Å²) in [5, 5.41) is 3.37. The van der Waals surface area contributed by atoms with Crippen LogP contribution in [-0.2, 0) is 6.42 Å². The van der Waals surface area contributed by atoms with Crippen molar-refractivity contribution in [1.82, 2.24) is 4.98 Å². The van der Waals surface area contributed by atoms with Crippen LogP contribution >= 0.6 is 11.3 Å². The molecule has 76 valence electrons. The maximum atomic E-state index is 4.41. The molecule has 2 nitrogen and oxygen atoms in total. The molecule has 2 heterocycles. The summed E-state index contributed by atoms with van der Waals surface area (Å²) < 4.78 is 0. The van der Waals surface area contributed by atoms with Gasteiger partial charge in [-0.25, -0.2) is 4.98 Å². The summed E-state index contributed by atoms with van der Waals surface area (Å²) in [5.74, 6) is 0. The highest BCUT2D eigenvalue weighted by Gasteiger charge is 2.12. The molecule has 0 fully saturated rings. The van der Waals surface area contributed by atoms with Crippen molar-refractivity contribution in [1.29, 1.82) is 0 Å². The van der Waals surface area contributed by atoms with Crippen LogP contribution in [0.5, 0.6) is 0 Å². The lowest BCUT2D eigenvalue weighted by atomic mass is 10.1. The molecular formula is C12H12N2S. The Bertz CT molecular complexity index is 502. The molecule has 0 amide bonds. The van der Waals surface area contributed by atoms with Crippen molar-refractivity contribution in [3.05, 3.63) is 34.2 Å². The minimum atomic E-state index is 1.06. The van der Waals surface area contributed by atoms with Gasteiger partial charge in [-0.1, -0.05) is 6.07 Å². The van der Waals surface area contributed by atoms with Gasteiger partial charge in [0.15, 0.2) is 0 Å². The third kappa shape index (κ3) is 1.43. The van der Waals surface area contributed by atoms with Gasteiger partial charge >= 0.3 is 0 Å². The summed E-state index contributed by atoms with van der Waals surface area (Å²) in [6.45, 7) is 3.19. The molecule has 0 bridgehead atoms. The van der Waals surface area contributed by atoms with E-state index in [0.717, 1.165) is 18.7 Å². The molecule has 3 heteroatoms. The number of hydrogen-bond acceptors (Lipinski definition) is 3. The van der Waals surface area contributed by atoms with E-state index < -0.39 is 0 Å². The second-order valence-electron chi connectivity index (χ2n) is 3.81. The summed E-state index contributed by atoms with van der Waals surface area (Å²) >= 11 is 1.71. The van der Waals surface area contributed by atoms with Crippen molar-refractivity contribution >= 4 is 17.0 Å². The van der Waals surface area contributed by atoms with E-state index in [1.807, 2.05) is 5.51 Å². The van der Waals surface area contributed by atoms with Gasteiger partial charge in [0.05, 0.1) is 11.2 Å². The fourth-order valence-corrected chi connectivity index (χ4v) is 2.63. The van der Waals surface area contributed by atoms with E-state index in [9.17, 15) is 0 Å². The molecule has 1 aliphatic rings. The maximum absolute atomic E-state index is 4.41. The highest BCUT2D eigenvalue weighted by atomic mass is 32.1. The summed E-state index contributed by atoms with van der Waals surface area (Å²) in [4.78, 5) is 5.70. The zero-order chi connectivity index (χ0) is 10.3. The Morgan fingerprint density at radius 2 is 2.33 bits per heavy atom. The quantitative estimate of drug-likeness (QED) is 0.792. The molecule has 1 aromatic carbocycles. The number of hydrogen-bond donors (Lipinski definition) is 1. The zero-order valence-corrected chi connectivity index (χ0v) is 9.40. The predicted molar refractivity (Wildman–Crippen MR) is 64.5 cm³/mol. The molecule has 1 aliphatic heterocycles. The average molecular weight is 216 g/mol. The van der Waals surface area contributed by atoms with Gasteiger partial charge < -0.3 is 5.32 Å². The number of aryl methyl sites for hydroxylation is 1. The second-order valence-corrected chi connectivity index (χ2v) is 4.86. The first-order chi connectivity index (χ1) is 7.34. The molecule has 0 unspecified atom stereocenters. The SMILES string of the molecule is Cc1scnc1-c1ccc2c(c1)CCN2. The topological polar surface area (TPSA) is 24.9 Å². The minimum absolute atomic E-state index is 1.06. The number of nitrogens with one attached hydrogen (secondary N) is 1. The van der Waals surface area contributed by atoms with E-state index in [1.54, 1.807) is 11.3 Å². The van der Waals surface area contributed by atoms with E-state index in [0.29, 0.717) is 0 Å². The molecule has 0 atom stereocenters. The van der Waals surface area contributed by atoms with Gasteiger partial charge in [0, 0.05) is 22.7 Å². The van der Waals surface area contributed by atoms with E-state index >= 15 is 0 Å². The van der Waals surface area contributed by atoms with E-state index in [1.165, 1.54) is 21.7 Å². The highest BCUT2D eigenvalue weighted by Crippen LogP contribution is 2.30. The van der Waals surface area contributed by atoms with Crippen LogP contribution in [0.1, 0.15) is 10.4 Å². The van der Waals surface area contributed by atoms with Crippen LogP contribution in [0.15, 0.2) is 23.7 Å². The van der Waals surface area contributed by atoms with Crippen molar-refractivity contribution in [2.45, 2.75) is 13.3 Å². The average Bonchev–Trinajstić information content (AvgIpc) is 2.84. The van der Waals surface area contributed by atoms with Crippen molar-refractivity contribution in [2.75, 3.05) is 11.9 Å². The smallest absolute Gasteiger partial charge is 0.0840 e. The lowest BCUT2D eigenvalue weighted by Gasteiger charge is -2.03. The second kappa shape index (κ2) is 3.35. The molecule has 15 heavy (non-hydrogen) atoms. The van der Waals surface area contributed by atoms with Crippen molar-refractivity contribution in [3.8, 4) is 11.3 Å². The molecule has 2 aromatic rings. The van der Waals surface area contributed by atoms with Crippen molar-refractivity contribution in [3.63, 3.8) is 0 Å². The first kappa shape index (κ1) is 8.92. The Morgan fingerprint density at radius 3 is 3.13 bits per heavy atom. The lowest BCUT2D eigenvalue weighted by molar-refractivity contribution is 1.11. The molecule has 0 saturated heterocycles. The van der Waals surface area contributed by atoms with Crippen LogP contribution in [0, 0.1) is 6.92 Å². The predicted octanol–water partition coefficient (Wildman–Crippen LogP) is 3.09. The van der Waals surface area contributed by atoms with Crippen molar-refractivity contribution < 1.29 is 0 Å². The minimum Gasteiger partial charge on any atom is -0.384 e. The number of fused-ring (bicyclic) bond motifs is 1. The van der Waals surface area contributed by atoms with Crippen LogP contribution in [-0.4, -0.2) is 11.5 Å². The van der Waals surface area contributed by atoms with Crippen molar-refractivity contribution in [2.24, 2.45) is 0 Å². The lowest BCUT2D eigenvalue weighted by Crippen LogP contribution is -1.90. The van der Waals surface area contributed by atoms with Crippen LogP contribution in [0.2, 0.25) is 0 Å². The van der Waals surface area contributed by atoms with E-state index in [4.69, 9.17) is 0 Å². The van der Waals surface area contributed by atoms with E-state index in [2.05, 4.69) is 35.4 Å². The van der Waals surface area contributed by atoms with Gasteiger partial charge in [0.2, 0.25) is 0 Å². The Labute approximate surface area is 93.0 Å². The third-order valence-electron chi connectivity index (χ3n) is 2.83. The largest absolute Gasteiger partial charge is 0.384 e. The number of benzene rings is 1. The highest BCUT2D eigenvalue weighted by molar-refractivity contribution is 7.10. The maximum Gasteiger partial charge on any atom is 0.0840 e. The molecule has 0 aliphatic carbocycles. The molecule has 0 radical (unpaired) electrons. The normalized spacial score (nSPS) is 13.7. The van der Waals surface area contributed by atoms with E-state index in [-0.39, 0.29) is 0 Å². The van der Waals surface area contributed by atoms with Crippen LogP contribution in [0.4, 0.5) is 5.69 Å². The molecule has 0 saturated carbocycles. The molecular weight excluding hydrogens is 204 g/mol. The summed E-state index contributed by atoms with van der Waals surface area (Å²) in [5.41, 5.74) is 6.99. The van der Waals surface area contributed by atoms with Gasteiger partial charge in [-0.2, -0.15) is 0 Å². The molecule has 0 spiro atoms. The van der Waals surface area contributed by atoms with Gasteiger partial charge in [0.25, 0.3) is 0 Å². The van der Waals surface area contributed by atoms with Crippen LogP contribution in [0.25, 0.3) is 11.3 Å². The number of rotatable bonds is 1. The van der Waals surface area contributed by atoms with Gasteiger partial charge in [-0.05, 0) is 31.0 Å². The molecule has 1 N–H and O–H groups in total. The zero-order valence-electron chi connectivity index (χ0n) is 8.58. The first-order valence-electron chi connectivity index (χ1n) is 5.12. The Morgan fingerprint density at radius 1 is 1.40 bits per heavy atom. The van der Waals surface area contributed by atoms with Crippen LogP contribution < -0.4 is 5.32 Å². The Kier molecular flexibility index (Phi) is 1.99. The summed E-state index contributed by atoms with van der Waals surface area (Å²) in [7, 11) is 0. The molecule has 1 aromatic heterocycles. The Hall–Kier alpha value is -1.35. The summed E-state index contributed by atoms with van der Waals surface area (Å²) in [6, 6.07) is 6.58. The fraction of sp³-hybridized carbons (Fsp3) is 0.250. The van der Waals surface area contributed by atoms with Gasteiger partial charge in [0.1, 0.15) is 0 Å². The number of aromatic nitrogens is 1. The number of anilines is 1. The van der Waals surface area contributed by atoms with Gasteiger partial charge in [-0.15, -0.1) is 11.3 Å². The molecule has 3 rings (SSSR count). The first-order valence-corrected chi connectivity index (χ1v) is 6.00. The van der Waals surface area contributed by atoms with Gasteiger partial charge in [-0.3, -0.25) is 0 Å². The fourth-order valence-electron chi connectivity index (χ4n) is 2.03. The number of nitrogens with zero attached hydrogens (tertiary/aromatic N) is 1. The monoisotopic (exact) mass is 216 g/mol. The number of thiazole rings is 1. The van der Waals surface area contributed by atoms with Crippen LogP contribution in [0.3, 0.4) is 0 Å². The standard InChI is InChI=1S/C12H12N2S/c1-8-12(14-7-15-8)10-2-3-11-9(6-10)4-5-13-11/h2-3,6-7,13H,4-5H2,1H3. The third-order valence-corrected chi connectivity index (χ3v) is 3.59. The summed E-state index contributed by atoms with van der Waals surface area (Å²) in [6.07, 6.45) is 1.13. The Balaban J connectivity index is 2.11.